The molecule has 0 aliphatic carbocycles. The number of hydrogen-bond donors (Lipinski definition) is 3. The predicted octanol–water partition coefficient (Wildman–Crippen LogP) is 0.749. The number of nitrogens with one attached hydrogen (secondary N) is 2. The van der Waals surface area contributed by atoms with Gasteiger partial charge in [0.1, 0.15) is 0 Å². The third-order valence-electron chi connectivity index (χ3n) is 2.89. The Balaban J connectivity index is 2.20. The van der Waals surface area contributed by atoms with Crippen LogP contribution in [0.4, 0.5) is 0 Å². The maximum Gasteiger partial charge on any atom is 0.221 e. The number of hydrogen-bond acceptors (Lipinski definition) is 4. The molecule has 17 heavy (non-hydrogen) atoms. The van der Waals surface area contributed by atoms with Gasteiger partial charge in [0.05, 0.1) is 5.60 Å². The lowest BCUT2D eigenvalue weighted by Crippen LogP contribution is -2.45. The number of rotatable bonds is 6. The standard InChI is InChI=1S/C12H24N2O2S/c1-3-4-12(2,16)9-14-11(15)7-10-8-17-6-5-13-10/h10,13,16H,3-9H2,1-2H3,(H,14,15). The van der Waals surface area contributed by atoms with Gasteiger partial charge < -0.3 is 15.7 Å². The van der Waals surface area contributed by atoms with E-state index in [2.05, 4.69) is 10.6 Å². The Labute approximate surface area is 108 Å². The average Bonchev–Trinajstić information content (AvgIpc) is 2.28. The summed E-state index contributed by atoms with van der Waals surface area (Å²) >= 11 is 1.88. The van der Waals surface area contributed by atoms with Gasteiger partial charge in [-0.2, -0.15) is 11.8 Å². The van der Waals surface area contributed by atoms with Crippen molar-refractivity contribution >= 4 is 17.7 Å². The van der Waals surface area contributed by atoms with Crippen molar-refractivity contribution in [1.29, 1.82) is 0 Å². The molecule has 1 aliphatic rings. The van der Waals surface area contributed by atoms with Crippen molar-refractivity contribution in [2.75, 3.05) is 24.6 Å². The second-order valence-electron chi connectivity index (χ2n) is 4.95. The molecule has 2 atom stereocenters. The van der Waals surface area contributed by atoms with Crippen molar-refractivity contribution < 1.29 is 9.90 Å². The summed E-state index contributed by atoms with van der Waals surface area (Å²) in [5.41, 5.74) is -0.779. The predicted molar refractivity (Wildman–Crippen MR) is 72.3 cm³/mol. The van der Waals surface area contributed by atoms with Gasteiger partial charge in [-0.3, -0.25) is 4.79 Å². The smallest absolute Gasteiger partial charge is 0.221 e. The maximum absolute atomic E-state index is 11.7. The molecule has 0 aromatic rings. The SMILES string of the molecule is CCCC(C)(O)CNC(=O)CC1CSCCN1. The van der Waals surface area contributed by atoms with E-state index in [9.17, 15) is 9.90 Å². The van der Waals surface area contributed by atoms with Crippen LogP contribution < -0.4 is 10.6 Å². The van der Waals surface area contributed by atoms with Crippen LogP contribution in [-0.4, -0.2) is 47.3 Å². The second-order valence-corrected chi connectivity index (χ2v) is 6.10. The third-order valence-corrected chi connectivity index (χ3v) is 4.02. The summed E-state index contributed by atoms with van der Waals surface area (Å²) in [5.74, 6) is 2.16. The van der Waals surface area contributed by atoms with Gasteiger partial charge in [-0.05, 0) is 13.3 Å². The molecule has 5 heteroatoms. The minimum atomic E-state index is -0.779. The first-order chi connectivity index (χ1) is 8.03. The molecule has 1 heterocycles. The Kier molecular flexibility index (Phi) is 6.30. The van der Waals surface area contributed by atoms with E-state index in [1.807, 2.05) is 18.7 Å². The van der Waals surface area contributed by atoms with Gasteiger partial charge in [0.15, 0.2) is 0 Å². The van der Waals surface area contributed by atoms with Gasteiger partial charge in [-0.25, -0.2) is 0 Å². The lowest BCUT2D eigenvalue weighted by molar-refractivity contribution is -0.122. The minimum absolute atomic E-state index is 0.0291. The van der Waals surface area contributed by atoms with E-state index >= 15 is 0 Å². The first-order valence-corrected chi connectivity index (χ1v) is 7.49. The molecule has 0 aromatic carbocycles. The molecule has 1 amide bonds. The lowest BCUT2D eigenvalue weighted by Gasteiger charge is -2.25. The molecule has 4 nitrogen and oxygen atoms in total. The van der Waals surface area contributed by atoms with Crippen molar-refractivity contribution in [3.8, 4) is 0 Å². The monoisotopic (exact) mass is 260 g/mol. The molecular weight excluding hydrogens is 236 g/mol. The summed E-state index contributed by atoms with van der Waals surface area (Å²) in [6.45, 7) is 5.13. The van der Waals surface area contributed by atoms with Gasteiger partial charge >= 0.3 is 0 Å². The Morgan fingerprint density at radius 3 is 3.00 bits per heavy atom. The van der Waals surface area contributed by atoms with E-state index in [4.69, 9.17) is 0 Å². The molecule has 3 N–H and O–H groups in total. The highest BCUT2D eigenvalue weighted by atomic mass is 32.2. The molecule has 0 saturated carbocycles. The van der Waals surface area contributed by atoms with Crippen LogP contribution in [0.3, 0.4) is 0 Å². The third kappa shape index (κ3) is 6.29. The molecule has 0 spiro atoms. The number of thioether (sulfide) groups is 1. The Hall–Kier alpha value is -0.260. The molecular formula is C12H24N2O2S. The van der Waals surface area contributed by atoms with Crippen LogP contribution in [-0.2, 0) is 4.79 Å². The molecule has 0 bridgehead atoms. The van der Waals surface area contributed by atoms with Gasteiger partial charge in [-0.15, -0.1) is 0 Å². The van der Waals surface area contributed by atoms with E-state index in [1.165, 1.54) is 0 Å². The van der Waals surface area contributed by atoms with Gasteiger partial charge in [0.2, 0.25) is 5.91 Å². The van der Waals surface area contributed by atoms with Crippen molar-refractivity contribution in [2.24, 2.45) is 0 Å². The van der Waals surface area contributed by atoms with Crippen molar-refractivity contribution in [2.45, 2.75) is 44.8 Å². The number of amides is 1. The summed E-state index contributed by atoms with van der Waals surface area (Å²) in [6, 6.07) is 0.282. The van der Waals surface area contributed by atoms with Crippen LogP contribution in [0.1, 0.15) is 33.1 Å². The molecule has 100 valence electrons. The zero-order valence-corrected chi connectivity index (χ0v) is 11.6. The molecule has 1 saturated heterocycles. The Morgan fingerprint density at radius 1 is 1.65 bits per heavy atom. The summed E-state index contributed by atoms with van der Waals surface area (Å²) < 4.78 is 0. The van der Waals surface area contributed by atoms with Crippen molar-refractivity contribution in [1.82, 2.24) is 10.6 Å². The topological polar surface area (TPSA) is 61.4 Å². The van der Waals surface area contributed by atoms with E-state index in [-0.39, 0.29) is 11.9 Å². The zero-order chi connectivity index (χ0) is 12.7. The molecule has 1 aliphatic heterocycles. The highest BCUT2D eigenvalue weighted by Crippen LogP contribution is 2.12. The molecule has 1 fully saturated rings. The first kappa shape index (κ1) is 14.8. The zero-order valence-electron chi connectivity index (χ0n) is 10.8. The fraction of sp³-hybridized carbons (Fsp3) is 0.917. The molecule has 1 rings (SSSR count). The quantitative estimate of drug-likeness (QED) is 0.659. The summed E-state index contributed by atoms with van der Waals surface area (Å²) in [7, 11) is 0. The second kappa shape index (κ2) is 7.24. The summed E-state index contributed by atoms with van der Waals surface area (Å²) in [5, 5.41) is 16.1. The van der Waals surface area contributed by atoms with Gasteiger partial charge in [0.25, 0.3) is 0 Å². The number of carbonyl (C=O) groups excluding carboxylic acids is 1. The fourth-order valence-corrected chi connectivity index (χ4v) is 2.91. The minimum Gasteiger partial charge on any atom is -0.388 e. The number of aliphatic hydroxyl groups is 1. The van der Waals surface area contributed by atoms with Gasteiger partial charge in [-0.1, -0.05) is 13.3 Å². The highest BCUT2D eigenvalue weighted by molar-refractivity contribution is 7.99. The molecule has 0 radical (unpaired) electrons. The van der Waals surface area contributed by atoms with Crippen LogP contribution in [0.5, 0.6) is 0 Å². The van der Waals surface area contributed by atoms with Crippen LogP contribution in [0.2, 0.25) is 0 Å². The molecule has 2 unspecified atom stereocenters. The van der Waals surface area contributed by atoms with Crippen LogP contribution >= 0.6 is 11.8 Å². The first-order valence-electron chi connectivity index (χ1n) is 6.34. The van der Waals surface area contributed by atoms with Crippen molar-refractivity contribution in [3.63, 3.8) is 0 Å². The summed E-state index contributed by atoms with van der Waals surface area (Å²) in [6.07, 6.45) is 2.14. The van der Waals surface area contributed by atoms with Gasteiger partial charge in [0, 0.05) is 37.1 Å². The summed E-state index contributed by atoms with van der Waals surface area (Å²) in [4.78, 5) is 11.7. The van der Waals surface area contributed by atoms with Crippen molar-refractivity contribution in [3.05, 3.63) is 0 Å². The van der Waals surface area contributed by atoms with E-state index in [0.29, 0.717) is 19.4 Å². The largest absolute Gasteiger partial charge is 0.388 e. The highest BCUT2D eigenvalue weighted by Gasteiger charge is 2.21. The molecule has 0 aromatic heterocycles. The fourth-order valence-electron chi connectivity index (χ4n) is 1.96. The average molecular weight is 260 g/mol. The van der Waals surface area contributed by atoms with E-state index in [0.717, 1.165) is 24.5 Å². The van der Waals surface area contributed by atoms with E-state index in [1.54, 1.807) is 6.92 Å². The Bertz CT molecular complexity index is 241. The lowest BCUT2D eigenvalue weighted by atomic mass is 10.0. The van der Waals surface area contributed by atoms with Crippen LogP contribution in [0.25, 0.3) is 0 Å². The van der Waals surface area contributed by atoms with E-state index < -0.39 is 5.60 Å². The number of carbonyl (C=O) groups is 1. The normalized spacial score (nSPS) is 24.1. The Morgan fingerprint density at radius 2 is 2.41 bits per heavy atom. The van der Waals surface area contributed by atoms with Crippen LogP contribution in [0, 0.1) is 0 Å². The maximum atomic E-state index is 11.7. The van der Waals surface area contributed by atoms with Crippen LogP contribution in [0.15, 0.2) is 0 Å².